The molecule has 0 heterocycles. The Morgan fingerprint density at radius 3 is 2.20 bits per heavy atom. The van der Waals surface area contributed by atoms with Gasteiger partial charge in [-0.05, 0) is 30.9 Å². The molecule has 8 heteroatoms. The molecular formula is C12H17ClF2N2O2S. The molecule has 1 aliphatic rings. The van der Waals surface area contributed by atoms with Crippen molar-refractivity contribution in [1.82, 2.24) is 4.31 Å². The Kier molecular flexibility index (Phi) is 5.48. The van der Waals surface area contributed by atoms with E-state index in [1.807, 2.05) is 0 Å². The molecule has 0 aromatic heterocycles. The van der Waals surface area contributed by atoms with Gasteiger partial charge in [-0.2, -0.15) is 4.31 Å². The van der Waals surface area contributed by atoms with Gasteiger partial charge in [0, 0.05) is 25.7 Å². The first-order valence-corrected chi connectivity index (χ1v) is 7.44. The lowest BCUT2D eigenvalue weighted by Crippen LogP contribution is -2.43. The first kappa shape index (κ1) is 17.3. The maximum atomic E-state index is 13.1. The Balaban J connectivity index is 0.00000200. The van der Waals surface area contributed by atoms with Gasteiger partial charge in [-0.3, -0.25) is 0 Å². The quantitative estimate of drug-likeness (QED) is 0.896. The van der Waals surface area contributed by atoms with Gasteiger partial charge in [0.25, 0.3) is 0 Å². The van der Waals surface area contributed by atoms with E-state index in [0.29, 0.717) is 6.07 Å². The van der Waals surface area contributed by atoms with Crippen LogP contribution in [0.4, 0.5) is 8.78 Å². The fourth-order valence-electron chi connectivity index (χ4n) is 2.14. The maximum absolute atomic E-state index is 13.1. The van der Waals surface area contributed by atoms with Crippen LogP contribution >= 0.6 is 12.4 Å². The van der Waals surface area contributed by atoms with Crippen molar-refractivity contribution in [2.45, 2.75) is 23.8 Å². The second-order valence-electron chi connectivity index (χ2n) is 4.77. The summed E-state index contributed by atoms with van der Waals surface area (Å²) in [5.74, 6) is -1.59. The van der Waals surface area contributed by atoms with Crippen molar-refractivity contribution < 1.29 is 17.2 Å². The van der Waals surface area contributed by atoms with Crippen molar-refractivity contribution in [2.24, 2.45) is 11.7 Å². The molecule has 1 aromatic rings. The van der Waals surface area contributed by atoms with Gasteiger partial charge in [-0.25, -0.2) is 17.2 Å². The van der Waals surface area contributed by atoms with Crippen molar-refractivity contribution in [3.8, 4) is 0 Å². The maximum Gasteiger partial charge on any atom is 0.243 e. The molecule has 0 bridgehead atoms. The zero-order valence-corrected chi connectivity index (χ0v) is 12.6. The number of benzene rings is 1. The van der Waals surface area contributed by atoms with Crippen LogP contribution in [0.2, 0.25) is 0 Å². The molecule has 2 rings (SSSR count). The molecule has 0 aliphatic heterocycles. The summed E-state index contributed by atoms with van der Waals surface area (Å²) in [7, 11) is -2.53. The Bertz CT molecular complexity index is 559. The summed E-state index contributed by atoms with van der Waals surface area (Å²) < 4.78 is 52.0. The smallest absolute Gasteiger partial charge is 0.243 e. The highest BCUT2D eigenvalue weighted by Gasteiger charge is 2.38. The van der Waals surface area contributed by atoms with Gasteiger partial charge >= 0.3 is 0 Å². The highest BCUT2D eigenvalue weighted by molar-refractivity contribution is 7.89. The van der Waals surface area contributed by atoms with E-state index in [1.165, 1.54) is 7.05 Å². The van der Waals surface area contributed by atoms with E-state index < -0.39 is 21.7 Å². The lowest BCUT2D eigenvalue weighted by Gasteiger charge is -2.26. The molecule has 0 spiro atoms. The number of nitrogens with zero attached hydrogens (tertiary/aromatic N) is 1. The van der Waals surface area contributed by atoms with E-state index in [-0.39, 0.29) is 35.8 Å². The van der Waals surface area contributed by atoms with E-state index in [4.69, 9.17) is 5.73 Å². The zero-order chi connectivity index (χ0) is 14.2. The zero-order valence-electron chi connectivity index (χ0n) is 10.9. The molecule has 4 nitrogen and oxygen atoms in total. The van der Waals surface area contributed by atoms with Crippen LogP contribution in [0.5, 0.6) is 0 Å². The molecule has 2 N–H and O–H groups in total. The standard InChI is InChI=1S/C12H16F2N2O2S.ClH/c1-16(12(7-15)8-2-3-8)19(17,18)11-5-9(13)4-10(14)6-11;/h4-6,8,12H,2-3,7,15H2,1H3;1H. The van der Waals surface area contributed by atoms with Gasteiger partial charge < -0.3 is 5.73 Å². The third-order valence-electron chi connectivity index (χ3n) is 3.39. The summed E-state index contributed by atoms with van der Waals surface area (Å²) in [6.45, 7) is 0.193. The van der Waals surface area contributed by atoms with E-state index in [2.05, 4.69) is 0 Å². The number of likely N-dealkylation sites (N-methyl/N-ethyl adjacent to an activating group) is 1. The average Bonchev–Trinajstić information content (AvgIpc) is 3.13. The predicted molar refractivity (Wildman–Crippen MR) is 74.1 cm³/mol. The topological polar surface area (TPSA) is 63.4 Å². The average molecular weight is 327 g/mol. The third-order valence-corrected chi connectivity index (χ3v) is 5.25. The van der Waals surface area contributed by atoms with Crippen molar-refractivity contribution in [3.05, 3.63) is 29.8 Å². The van der Waals surface area contributed by atoms with Crippen molar-refractivity contribution in [3.63, 3.8) is 0 Å². The highest BCUT2D eigenvalue weighted by atomic mass is 35.5. The highest BCUT2D eigenvalue weighted by Crippen LogP contribution is 2.36. The third kappa shape index (κ3) is 3.46. The molecule has 1 aliphatic carbocycles. The minimum absolute atomic E-state index is 0. The Morgan fingerprint density at radius 1 is 1.30 bits per heavy atom. The molecule has 1 saturated carbocycles. The van der Waals surface area contributed by atoms with E-state index in [9.17, 15) is 17.2 Å². The van der Waals surface area contributed by atoms with Gasteiger partial charge in [-0.15, -0.1) is 12.4 Å². The van der Waals surface area contributed by atoms with Crippen LogP contribution in [0.1, 0.15) is 12.8 Å². The van der Waals surface area contributed by atoms with Crippen molar-refractivity contribution >= 4 is 22.4 Å². The molecule has 1 aromatic carbocycles. The number of halogens is 3. The van der Waals surface area contributed by atoms with Gasteiger partial charge in [0.15, 0.2) is 0 Å². The van der Waals surface area contributed by atoms with Crippen LogP contribution in [0, 0.1) is 17.6 Å². The lowest BCUT2D eigenvalue weighted by atomic mass is 10.2. The number of rotatable bonds is 5. The van der Waals surface area contributed by atoms with Gasteiger partial charge in [0.1, 0.15) is 11.6 Å². The minimum Gasteiger partial charge on any atom is -0.329 e. The summed E-state index contributed by atoms with van der Waals surface area (Å²) in [6, 6.07) is 1.95. The number of nitrogens with two attached hydrogens (primary N) is 1. The van der Waals surface area contributed by atoms with E-state index >= 15 is 0 Å². The lowest BCUT2D eigenvalue weighted by molar-refractivity contribution is 0.340. The van der Waals surface area contributed by atoms with Crippen LogP contribution < -0.4 is 5.73 Å². The van der Waals surface area contributed by atoms with Crippen molar-refractivity contribution in [1.29, 1.82) is 0 Å². The summed E-state index contributed by atoms with van der Waals surface area (Å²) in [4.78, 5) is -0.383. The molecule has 1 atom stereocenters. The Morgan fingerprint density at radius 2 is 1.80 bits per heavy atom. The number of sulfonamides is 1. The van der Waals surface area contributed by atoms with Crippen LogP contribution in [-0.2, 0) is 10.0 Å². The van der Waals surface area contributed by atoms with Crippen LogP contribution in [0.3, 0.4) is 0 Å². The number of hydrogen-bond donors (Lipinski definition) is 1. The Hall–Kier alpha value is -0.760. The van der Waals surface area contributed by atoms with E-state index in [1.54, 1.807) is 0 Å². The van der Waals surface area contributed by atoms with Crippen LogP contribution in [0.25, 0.3) is 0 Å². The molecule has 114 valence electrons. The van der Waals surface area contributed by atoms with Gasteiger partial charge in [-0.1, -0.05) is 0 Å². The van der Waals surface area contributed by atoms with Gasteiger partial charge in [0.05, 0.1) is 4.90 Å². The largest absolute Gasteiger partial charge is 0.329 e. The van der Waals surface area contributed by atoms with Crippen molar-refractivity contribution in [2.75, 3.05) is 13.6 Å². The predicted octanol–water partition coefficient (Wildman–Crippen LogP) is 1.74. The fourth-order valence-corrected chi connectivity index (χ4v) is 3.61. The molecule has 0 amide bonds. The molecular weight excluding hydrogens is 310 g/mol. The second kappa shape index (κ2) is 6.34. The summed E-state index contributed by atoms with van der Waals surface area (Å²) in [6.07, 6.45) is 1.86. The molecule has 1 fully saturated rings. The van der Waals surface area contributed by atoms with Gasteiger partial charge in [0.2, 0.25) is 10.0 Å². The summed E-state index contributed by atoms with van der Waals surface area (Å²) in [5, 5.41) is 0. The van der Waals surface area contributed by atoms with Crippen LogP contribution in [0.15, 0.2) is 23.1 Å². The summed E-state index contributed by atoms with van der Waals surface area (Å²) >= 11 is 0. The first-order valence-electron chi connectivity index (χ1n) is 6.00. The molecule has 0 radical (unpaired) electrons. The van der Waals surface area contributed by atoms with E-state index in [0.717, 1.165) is 29.3 Å². The minimum atomic E-state index is -3.93. The van der Waals surface area contributed by atoms with Crippen LogP contribution in [-0.4, -0.2) is 32.4 Å². The normalized spacial score (nSPS) is 16.9. The second-order valence-corrected chi connectivity index (χ2v) is 6.76. The monoisotopic (exact) mass is 326 g/mol. The first-order chi connectivity index (χ1) is 8.86. The fraction of sp³-hybridized carbons (Fsp3) is 0.500. The SMILES string of the molecule is CN(C(CN)C1CC1)S(=O)(=O)c1cc(F)cc(F)c1.Cl. The summed E-state index contributed by atoms with van der Waals surface area (Å²) in [5.41, 5.74) is 5.59. The molecule has 0 saturated heterocycles. The molecule has 1 unspecified atom stereocenters. The molecule has 20 heavy (non-hydrogen) atoms. The Labute approximate surface area is 123 Å². The number of hydrogen-bond acceptors (Lipinski definition) is 3.